The molecule has 1 aliphatic rings. The molecule has 0 aliphatic carbocycles. The molecule has 1 saturated heterocycles. The molecule has 0 amide bonds. The first-order chi connectivity index (χ1) is 11.6. The van der Waals surface area contributed by atoms with Crippen LogP contribution in [0.15, 0.2) is 23.1 Å². The van der Waals surface area contributed by atoms with Gasteiger partial charge in [0.15, 0.2) is 0 Å². The molecule has 138 valence electrons. The van der Waals surface area contributed by atoms with Gasteiger partial charge >= 0.3 is 6.18 Å². The van der Waals surface area contributed by atoms with Gasteiger partial charge in [0.2, 0.25) is 10.0 Å². The molecule has 5 nitrogen and oxygen atoms in total. The highest BCUT2D eigenvalue weighted by Crippen LogP contribution is 2.36. The van der Waals surface area contributed by atoms with Crippen LogP contribution in [0.25, 0.3) is 0 Å². The Morgan fingerprint density at radius 2 is 1.88 bits per heavy atom. The van der Waals surface area contributed by atoms with Crippen molar-refractivity contribution >= 4 is 21.6 Å². The summed E-state index contributed by atoms with van der Waals surface area (Å²) in [5.74, 6) is -0.172. The molecule has 25 heavy (non-hydrogen) atoms. The molecule has 1 heterocycles. The molecular weight excluding hydrogens is 379 g/mol. The summed E-state index contributed by atoms with van der Waals surface area (Å²) in [4.78, 5) is 1.53. The normalized spacial score (nSPS) is 18.7. The summed E-state index contributed by atoms with van der Waals surface area (Å²) < 4.78 is 65.2. The predicted octanol–water partition coefficient (Wildman–Crippen LogP) is 2.82. The van der Waals surface area contributed by atoms with E-state index in [-0.39, 0.29) is 19.0 Å². The third kappa shape index (κ3) is 4.64. The Labute approximate surface area is 149 Å². The average molecular weight is 396 g/mol. The van der Waals surface area contributed by atoms with Gasteiger partial charge in [-0.15, -0.1) is 0 Å². The molecule has 0 N–H and O–H groups in total. The van der Waals surface area contributed by atoms with Crippen molar-refractivity contribution in [1.29, 1.82) is 5.26 Å². The van der Waals surface area contributed by atoms with Gasteiger partial charge in [-0.2, -0.15) is 22.7 Å². The Balaban J connectivity index is 2.17. The van der Waals surface area contributed by atoms with E-state index < -0.39 is 31.7 Å². The summed E-state index contributed by atoms with van der Waals surface area (Å²) in [5.41, 5.74) is -1.17. The van der Waals surface area contributed by atoms with E-state index >= 15 is 0 Å². The van der Waals surface area contributed by atoms with Crippen molar-refractivity contribution in [1.82, 2.24) is 9.21 Å². The largest absolute Gasteiger partial charge is 0.417 e. The second kappa shape index (κ2) is 7.50. The van der Waals surface area contributed by atoms with Crippen molar-refractivity contribution in [2.75, 3.05) is 32.7 Å². The van der Waals surface area contributed by atoms with E-state index in [1.807, 2.05) is 4.90 Å². The molecule has 0 saturated carbocycles. The Hall–Kier alpha value is -1.34. The molecule has 1 aliphatic heterocycles. The van der Waals surface area contributed by atoms with Crippen LogP contribution >= 0.6 is 11.6 Å². The number of hydrogen-bond donors (Lipinski definition) is 0. The first-order valence-electron chi connectivity index (χ1n) is 7.54. The van der Waals surface area contributed by atoms with Crippen molar-refractivity contribution < 1.29 is 21.6 Å². The van der Waals surface area contributed by atoms with Crippen molar-refractivity contribution in [2.45, 2.75) is 18.0 Å². The van der Waals surface area contributed by atoms with Gasteiger partial charge in [0.25, 0.3) is 0 Å². The highest BCUT2D eigenvalue weighted by molar-refractivity contribution is 7.89. The first kappa shape index (κ1) is 20.0. The van der Waals surface area contributed by atoms with Gasteiger partial charge in [-0.25, -0.2) is 8.42 Å². The van der Waals surface area contributed by atoms with Gasteiger partial charge in [-0.1, -0.05) is 11.6 Å². The van der Waals surface area contributed by atoms with Gasteiger partial charge in [-0.05, 0) is 25.1 Å². The van der Waals surface area contributed by atoms with E-state index in [2.05, 4.69) is 6.07 Å². The number of halogens is 4. The van der Waals surface area contributed by atoms with E-state index in [0.29, 0.717) is 25.7 Å². The summed E-state index contributed by atoms with van der Waals surface area (Å²) in [7, 11) is -4.04. The molecule has 1 fully saturated rings. The van der Waals surface area contributed by atoms with Crippen LogP contribution in [0.5, 0.6) is 0 Å². The van der Waals surface area contributed by atoms with Crippen LogP contribution in [0.3, 0.4) is 0 Å². The summed E-state index contributed by atoms with van der Waals surface area (Å²) >= 11 is 5.54. The van der Waals surface area contributed by atoms with Crippen LogP contribution in [0.4, 0.5) is 13.2 Å². The van der Waals surface area contributed by atoms with Crippen LogP contribution in [0, 0.1) is 17.2 Å². The number of nitriles is 1. The lowest BCUT2D eigenvalue weighted by Crippen LogP contribution is -2.49. The average Bonchev–Trinajstić information content (AvgIpc) is 2.54. The van der Waals surface area contributed by atoms with Crippen LogP contribution in [0.1, 0.15) is 12.5 Å². The minimum absolute atomic E-state index is 0.157. The van der Waals surface area contributed by atoms with Crippen LogP contribution in [-0.4, -0.2) is 50.3 Å². The second-order valence-electron chi connectivity index (χ2n) is 5.87. The van der Waals surface area contributed by atoms with Gasteiger partial charge in [0.05, 0.1) is 27.5 Å². The standard InChI is InChI=1S/C15H17ClF3N3O2S/c1-11(9-20)10-21-4-6-22(7-5-21)25(23,24)12-2-3-14(16)13(8-12)15(17,18)19/h2-3,8,11H,4-7,10H2,1H3/t11-/m0/s1. The fraction of sp³-hybridized carbons (Fsp3) is 0.533. The van der Waals surface area contributed by atoms with Gasteiger partial charge in [0, 0.05) is 32.7 Å². The molecule has 0 bridgehead atoms. The summed E-state index contributed by atoms with van der Waals surface area (Å²) in [6.45, 7) is 3.46. The zero-order chi connectivity index (χ0) is 18.8. The molecular formula is C15H17ClF3N3O2S. The number of sulfonamides is 1. The Kier molecular flexibility index (Phi) is 5.99. The Morgan fingerprint density at radius 1 is 1.28 bits per heavy atom. The van der Waals surface area contributed by atoms with E-state index in [0.717, 1.165) is 16.4 Å². The van der Waals surface area contributed by atoms with Gasteiger partial charge in [-0.3, -0.25) is 4.90 Å². The fourth-order valence-electron chi connectivity index (χ4n) is 2.61. The van der Waals surface area contributed by atoms with Crippen LogP contribution in [0.2, 0.25) is 5.02 Å². The monoisotopic (exact) mass is 395 g/mol. The van der Waals surface area contributed by atoms with E-state index in [1.54, 1.807) is 6.92 Å². The number of rotatable bonds is 4. The number of hydrogen-bond acceptors (Lipinski definition) is 4. The molecule has 1 aromatic rings. The second-order valence-corrected chi connectivity index (χ2v) is 8.22. The Morgan fingerprint density at radius 3 is 2.40 bits per heavy atom. The van der Waals surface area contributed by atoms with E-state index in [1.165, 1.54) is 0 Å². The Bertz CT molecular complexity index is 769. The zero-order valence-electron chi connectivity index (χ0n) is 13.4. The quantitative estimate of drug-likeness (QED) is 0.786. The lowest BCUT2D eigenvalue weighted by atomic mass is 10.2. The lowest BCUT2D eigenvalue weighted by Gasteiger charge is -2.34. The maximum Gasteiger partial charge on any atom is 0.417 e. The van der Waals surface area contributed by atoms with Crippen molar-refractivity contribution in [3.63, 3.8) is 0 Å². The molecule has 0 spiro atoms. The first-order valence-corrected chi connectivity index (χ1v) is 9.36. The number of alkyl halides is 3. The van der Waals surface area contributed by atoms with Crippen LogP contribution < -0.4 is 0 Å². The van der Waals surface area contributed by atoms with Crippen molar-refractivity contribution in [2.24, 2.45) is 5.92 Å². The third-order valence-electron chi connectivity index (χ3n) is 3.96. The highest BCUT2D eigenvalue weighted by atomic mass is 35.5. The maximum atomic E-state index is 12.9. The molecule has 1 atom stereocenters. The topological polar surface area (TPSA) is 64.4 Å². The van der Waals surface area contributed by atoms with Crippen molar-refractivity contribution in [3.8, 4) is 6.07 Å². The summed E-state index contributed by atoms with van der Waals surface area (Å²) in [5, 5.41) is 8.28. The number of piperazine rings is 1. The molecule has 2 rings (SSSR count). The molecule has 0 aromatic heterocycles. The lowest BCUT2D eigenvalue weighted by molar-refractivity contribution is -0.137. The minimum Gasteiger partial charge on any atom is -0.299 e. The van der Waals surface area contributed by atoms with Gasteiger partial charge < -0.3 is 0 Å². The van der Waals surface area contributed by atoms with E-state index in [4.69, 9.17) is 16.9 Å². The SMILES string of the molecule is C[C@@H](C#N)CN1CCN(S(=O)(=O)c2ccc(Cl)c(C(F)(F)F)c2)CC1. The van der Waals surface area contributed by atoms with E-state index in [9.17, 15) is 21.6 Å². The molecule has 1 aromatic carbocycles. The number of nitrogens with zero attached hydrogens (tertiary/aromatic N) is 3. The molecule has 0 radical (unpaired) electrons. The number of benzene rings is 1. The molecule has 10 heteroatoms. The maximum absolute atomic E-state index is 12.9. The van der Waals surface area contributed by atoms with Crippen molar-refractivity contribution in [3.05, 3.63) is 28.8 Å². The summed E-state index contributed by atoms with van der Waals surface area (Å²) in [6.07, 6.45) is -4.73. The zero-order valence-corrected chi connectivity index (χ0v) is 15.0. The van der Waals surface area contributed by atoms with Gasteiger partial charge in [0.1, 0.15) is 0 Å². The fourth-order valence-corrected chi connectivity index (χ4v) is 4.29. The highest BCUT2D eigenvalue weighted by Gasteiger charge is 2.36. The minimum atomic E-state index is -4.73. The third-order valence-corrected chi connectivity index (χ3v) is 6.19. The van der Waals surface area contributed by atoms with Crippen LogP contribution in [-0.2, 0) is 16.2 Å². The summed E-state index contributed by atoms with van der Waals surface area (Å²) in [6, 6.07) is 4.71. The molecule has 0 unspecified atom stereocenters. The smallest absolute Gasteiger partial charge is 0.299 e. The predicted molar refractivity (Wildman–Crippen MR) is 86.4 cm³/mol.